The van der Waals surface area contributed by atoms with E-state index in [1.54, 1.807) is 0 Å². The van der Waals surface area contributed by atoms with Gasteiger partial charge in [-0.2, -0.15) is 5.10 Å². The van der Waals surface area contributed by atoms with Crippen LogP contribution < -0.4 is 0 Å². The summed E-state index contributed by atoms with van der Waals surface area (Å²) in [4.78, 5) is 0. The van der Waals surface area contributed by atoms with Gasteiger partial charge < -0.3 is 0 Å². The molecule has 0 bridgehead atoms. The molecule has 1 aliphatic rings. The van der Waals surface area contributed by atoms with Crippen LogP contribution >= 0.6 is 15.9 Å². The summed E-state index contributed by atoms with van der Waals surface area (Å²) in [5, 5.41) is 6.67. The Kier molecular flexibility index (Phi) is 3.65. The maximum absolute atomic E-state index is 4.51. The highest BCUT2D eigenvalue weighted by molar-refractivity contribution is 9.10. The maximum Gasteiger partial charge on any atom is 0.0773 e. The molecule has 0 saturated carbocycles. The Morgan fingerprint density at radius 3 is 2.53 bits per heavy atom. The molecule has 1 atom stereocenters. The SMILES string of the molecule is Brc1ccc(CN2N=CCC2c2ccccc2)cc1. The lowest BCUT2D eigenvalue weighted by Gasteiger charge is -2.24. The number of halogens is 1. The first-order chi connectivity index (χ1) is 9.33. The Labute approximate surface area is 121 Å². The van der Waals surface area contributed by atoms with Gasteiger partial charge in [0.1, 0.15) is 0 Å². The molecular weight excluding hydrogens is 300 g/mol. The molecule has 0 radical (unpaired) electrons. The number of benzene rings is 2. The van der Waals surface area contributed by atoms with Gasteiger partial charge >= 0.3 is 0 Å². The average molecular weight is 315 g/mol. The normalized spacial score (nSPS) is 17.9. The van der Waals surface area contributed by atoms with Crippen molar-refractivity contribution >= 4 is 22.1 Å². The minimum Gasteiger partial charge on any atom is -0.285 e. The van der Waals surface area contributed by atoms with Crippen LogP contribution in [0.4, 0.5) is 0 Å². The van der Waals surface area contributed by atoms with Crippen molar-refractivity contribution in [2.24, 2.45) is 5.10 Å². The molecule has 2 nitrogen and oxygen atoms in total. The summed E-state index contributed by atoms with van der Waals surface area (Å²) in [5.41, 5.74) is 2.61. The van der Waals surface area contributed by atoms with Crippen LogP contribution in [0.3, 0.4) is 0 Å². The number of hydrogen-bond acceptors (Lipinski definition) is 2. The number of hydrazone groups is 1. The summed E-state index contributed by atoms with van der Waals surface area (Å²) >= 11 is 3.46. The van der Waals surface area contributed by atoms with Gasteiger partial charge in [-0.1, -0.05) is 58.4 Å². The van der Waals surface area contributed by atoms with E-state index in [4.69, 9.17) is 0 Å². The number of hydrogen-bond donors (Lipinski definition) is 0. The standard InChI is InChI=1S/C16H15BrN2/c17-15-8-6-13(7-9-15)12-19-16(10-11-18-19)14-4-2-1-3-5-14/h1-9,11,16H,10,12H2. The molecule has 96 valence electrons. The van der Waals surface area contributed by atoms with E-state index in [0.29, 0.717) is 6.04 Å². The lowest BCUT2D eigenvalue weighted by atomic mass is 10.0. The third kappa shape index (κ3) is 2.87. The van der Waals surface area contributed by atoms with Crippen molar-refractivity contribution in [2.75, 3.05) is 0 Å². The first-order valence-corrected chi connectivity index (χ1v) is 7.21. The van der Waals surface area contributed by atoms with Gasteiger partial charge in [-0.05, 0) is 23.3 Å². The van der Waals surface area contributed by atoms with Gasteiger partial charge in [0.15, 0.2) is 0 Å². The largest absolute Gasteiger partial charge is 0.285 e. The van der Waals surface area contributed by atoms with Gasteiger partial charge in [0, 0.05) is 17.1 Å². The van der Waals surface area contributed by atoms with Gasteiger partial charge in [0.05, 0.1) is 12.6 Å². The van der Waals surface area contributed by atoms with Crippen molar-refractivity contribution in [2.45, 2.75) is 19.0 Å². The third-order valence-corrected chi connectivity index (χ3v) is 3.89. The zero-order chi connectivity index (χ0) is 13.1. The van der Waals surface area contributed by atoms with E-state index in [1.807, 2.05) is 6.21 Å². The Morgan fingerprint density at radius 2 is 1.79 bits per heavy atom. The molecule has 0 aromatic heterocycles. The predicted octanol–water partition coefficient (Wildman–Crippen LogP) is 4.38. The van der Waals surface area contributed by atoms with Crippen molar-refractivity contribution in [1.29, 1.82) is 0 Å². The Hall–Kier alpha value is -1.61. The van der Waals surface area contributed by atoms with Crippen LogP contribution in [-0.4, -0.2) is 11.2 Å². The highest BCUT2D eigenvalue weighted by Crippen LogP contribution is 2.29. The first kappa shape index (κ1) is 12.4. The topological polar surface area (TPSA) is 15.6 Å². The average Bonchev–Trinajstić information content (AvgIpc) is 2.90. The zero-order valence-electron chi connectivity index (χ0n) is 10.5. The van der Waals surface area contributed by atoms with Crippen LogP contribution in [0.1, 0.15) is 23.6 Å². The highest BCUT2D eigenvalue weighted by atomic mass is 79.9. The maximum atomic E-state index is 4.51. The number of rotatable bonds is 3. The first-order valence-electron chi connectivity index (χ1n) is 6.41. The summed E-state index contributed by atoms with van der Waals surface area (Å²) in [5.74, 6) is 0. The molecule has 0 saturated heterocycles. The molecule has 2 aromatic carbocycles. The molecule has 19 heavy (non-hydrogen) atoms. The predicted molar refractivity (Wildman–Crippen MR) is 82.0 cm³/mol. The van der Waals surface area contributed by atoms with Crippen molar-refractivity contribution in [3.8, 4) is 0 Å². The minimum atomic E-state index is 0.366. The van der Waals surface area contributed by atoms with Crippen LogP contribution in [0.15, 0.2) is 64.2 Å². The van der Waals surface area contributed by atoms with Crippen LogP contribution in [0.5, 0.6) is 0 Å². The van der Waals surface area contributed by atoms with Gasteiger partial charge in [-0.15, -0.1) is 0 Å². The van der Waals surface area contributed by atoms with E-state index in [2.05, 4.69) is 80.6 Å². The van der Waals surface area contributed by atoms with Crippen LogP contribution in [0.25, 0.3) is 0 Å². The van der Waals surface area contributed by atoms with Gasteiger partial charge in [0.25, 0.3) is 0 Å². The summed E-state index contributed by atoms with van der Waals surface area (Å²) in [6.45, 7) is 0.851. The van der Waals surface area contributed by atoms with E-state index in [1.165, 1.54) is 11.1 Å². The van der Waals surface area contributed by atoms with E-state index < -0.39 is 0 Å². The summed E-state index contributed by atoms with van der Waals surface area (Å²) in [7, 11) is 0. The molecular formula is C16H15BrN2. The second-order valence-corrected chi connectivity index (χ2v) is 5.60. The Balaban J connectivity index is 1.76. The molecule has 0 N–H and O–H groups in total. The summed E-state index contributed by atoms with van der Waals surface area (Å²) in [6, 6.07) is 19.4. The van der Waals surface area contributed by atoms with E-state index in [-0.39, 0.29) is 0 Å². The fraction of sp³-hybridized carbons (Fsp3) is 0.188. The molecule has 2 aromatic rings. The van der Waals surface area contributed by atoms with Gasteiger partial charge in [-0.25, -0.2) is 0 Å². The number of nitrogens with zero attached hydrogens (tertiary/aromatic N) is 2. The molecule has 0 spiro atoms. The Bertz CT molecular complexity index is 563. The second-order valence-electron chi connectivity index (χ2n) is 4.68. The summed E-state index contributed by atoms with van der Waals surface area (Å²) in [6.07, 6.45) is 3.00. The molecule has 1 unspecified atom stereocenters. The fourth-order valence-electron chi connectivity index (χ4n) is 2.37. The van der Waals surface area contributed by atoms with Crippen molar-refractivity contribution in [1.82, 2.24) is 5.01 Å². The van der Waals surface area contributed by atoms with Gasteiger partial charge in [-0.3, -0.25) is 5.01 Å². The fourth-order valence-corrected chi connectivity index (χ4v) is 2.63. The molecule has 3 rings (SSSR count). The Morgan fingerprint density at radius 1 is 1.05 bits per heavy atom. The molecule has 1 heterocycles. The quantitative estimate of drug-likeness (QED) is 0.820. The molecule has 0 amide bonds. The lowest BCUT2D eigenvalue weighted by molar-refractivity contribution is 0.224. The van der Waals surface area contributed by atoms with E-state index >= 15 is 0 Å². The van der Waals surface area contributed by atoms with E-state index in [0.717, 1.165) is 17.4 Å². The zero-order valence-corrected chi connectivity index (χ0v) is 12.1. The van der Waals surface area contributed by atoms with Crippen LogP contribution in [0.2, 0.25) is 0 Å². The highest BCUT2D eigenvalue weighted by Gasteiger charge is 2.22. The smallest absolute Gasteiger partial charge is 0.0773 e. The molecule has 0 aliphatic carbocycles. The van der Waals surface area contributed by atoms with E-state index in [9.17, 15) is 0 Å². The van der Waals surface area contributed by atoms with Crippen LogP contribution in [-0.2, 0) is 6.54 Å². The minimum absolute atomic E-state index is 0.366. The van der Waals surface area contributed by atoms with Crippen molar-refractivity contribution < 1.29 is 0 Å². The monoisotopic (exact) mass is 314 g/mol. The second kappa shape index (κ2) is 5.57. The van der Waals surface area contributed by atoms with Crippen LogP contribution in [0, 0.1) is 0 Å². The molecule has 3 heteroatoms. The van der Waals surface area contributed by atoms with Crippen molar-refractivity contribution in [3.05, 3.63) is 70.2 Å². The van der Waals surface area contributed by atoms with Crippen molar-refractivity contribution in [3.63, 3.8) is 0 Å². The summed E-state index contributed by atoms with van der Waals surface area (Å²) < 4.78 is 1.11. The molecule has 0 fully saturated rings. The molecule has 1 aliphatic heterocycles. The lowest BCUT2D eigenvalue weighted by Crippen LogP contribution is -2.19. The third-order valence-electron chi connectivity index (χ3n) is 3.36. The van der Waals surface area contributed by atoms with Gasteiger partial charge in [0.2, 0.25) is 0 Å².